The fourth-order valence-corrected chi connectivity index (χ4v) is 2.46. The van der Waals surface area contributed by atoms with Gasteiger partial charge in [-0.1, -0.05) is 43.3 Å². The summed E-state index contributed by atoms with van der Waals surface area (Å²) in [4.78, 5) is 15.3. The number of carbonyl (C=O) groups is 1. The molecule has 6 nitrogen and oxygen atoms in total. The Morgan fingerprint density at radius 3 is 2.52 bits per heavy atom. The number of rotatable bonds is 6. The predicted octanol–water partition coefficient (Wildman–Crippen LogP) is 3.82. The van der Waals surface area contributed by atoms with Crippen LogP contribution in [0.3, 0.4) is 0 Å². The van der Waals surface area contributed by atoms with E-state index in [0.717, 1.165) is 17.7 Å². The van der Waals surface area contributed by atoms with E-state index in [2.05, 4.69) is 24.0 Å². The lowest BCUT2D eigenvalue weighted by Gasteiger charge is -2.07. The quantitative estimate of drug-likeness (QED) is 0.709. The molecule has 0 aliphatic carbocycles. The van der Waals surface area contributed by atoms with Crippen molar-refractivity contribution < 1.29 is 22.8 Å². The van der Waals surface area contributed by atoms with Crippen molar-refractivity contribution in [3.05, 3.63) is 65.1 Å². The Labute approximate surface area is 154 Å². The number of aromatic nitrogens is 2. The molecule has 0 aliphatic rings. The van der Waals surface area contributed by atoms with Gasteiger partial charge in [0.15, 0.2) is 18.2 Å². The maximum Gasteiger partial charge on any atom is 0.264 e. The van der Waals surface area contributed by atoms with Crippen LogP contribution in [0.1, 0.15) is 41.6 Å². The molecule has 27 heavy (non-hydrogen) atoms. The molecule has 3 aromatic rings. The van der Waals surface area contributed by atoms with Gasteiger partial charge in [0, 0.05) is 5.56 Å². The largest absolute Gasteiger partial charge is 0.481 e. The third kappa shape index (κ3) is 3.94. The molecule has 3 rings (SSSR count). The molecule has 2 N–H and O–H groups in total. The van der Waals surface area contributed by atoms with E-state index in [1.54, 1.807) is 0 Å². The molecule has 0 unspecified atom stereocenters. The minimum atomic E-state index is -1.22. The Morgan fingerprint density at radius 1 is 1.19 bits per heavy atom. The number of ether oxygens (including phenoxy) is 1. The number of halogens is 2. The van der Waals surface area contributed by atoms with Gasteiger partial charge in [0.1, 0.15) is 11.4 Å². The summed E-state index contributed by atoms with van der Waals surface area (Å²) in [6.07, 6.45) is 0. The fraction of sp³-hybridized carbons (Fsp3) is 0.211. The van der Waals surface area contributed by atoms with Gasteiger partial charge in [-0.15, -0.1) is 0 Å². The Morgan fingerprint density at radius 2 is 1.89 bits per heavy atom. The number of nitrogens with two attached hydrogens (primary N) is 1. The zero-order valence-corrected chi connectivity index (χ0v) is 14.7. The van der Waals surface area contributed by atoms with Crippen LogP contribution in [0.5, 0.6) is 5.75 Å². The molecular formula is C19H17F2N3O3. The number of carbonyl (C=O) groups excluding carboxylic acids is 1. The summed E-state index contributed by atoms with van der Waals surface area (Å²) in [7, 11) is 0. The van der Waals surface area contributed by atoms with Crippen molar-refractivity contribution in [1.29, 1.82) is 0 Å². The molecule has 0 saturated carbocycles. The van der Waals surface area contributed by atoms with Crippen LogP contribution in [0.2, 0.25) is 0 Å². The van der Waals surface area contributed by atoms with Gasteiger partial charge in [0.2, 0.25) is 5.82 Å². The van der Waals surface area contributed by atoms with Gasteiger partial charge >= 0.3 is 0 Å². The molecule has 2 aromatic carbocycles. The molecule has 0 fully saturated rings. The van der Waals surface area contributed by atoms with Crippen molar-refractivity contribution in [2.45, 2.75) is 26.4 Å². The summed E-state index contributed by atoms with van der Waals surface area (Å²) in [6, 6.07) is 9.66. The molecule has 1 amide bonds. The van der Waals surface area contributed by atoms with Crippen LogP contribution in [-0.4, -0.2) is 16.0 Å². The van der Waals surface area contributed by atoms with Crippen molar-refractivity contribution in [2.24, 2.45) is 5.73 Å². The van der Waals surface area contributed by atoms with E-state index in [1.807, 2.05) is 24.3 Å². The zero-order chi connectivity index (χ0) is 19.6. The van der Waals surface area contributed by atoms with Crippen LogP contribution < -0.4 is 10.5 Å². The van der Waals surface area contributed by atoms with E-state index in [9.17, 15) is 13.6 Å². The molecule has 0 saturated heterocycles. The second kappa shape index (κ2) is 7.53. The summed E-state index contributed by atoms with van der Waals surface area (Å²) < 4.78 is 37.9. The first-order valence-electron chi connectivity index (χ1n) is 8.20. The van der Waals surface area contributed by atoms with E-state index in [-0.39, 0.29) is 18.2 Å². The average Bonchev–Trinajstić information content (AvgIpc) is 3.10. The zero-order valence-electron chi connectivity index (χ0n) is 14.7. The van der Waals surface area contributed by atoms with Gasteiger partial charge in [-0.3, -0.25) is 4.79 Å². The summed E-state index contributed by atoms with van der Waals surface area (Å²) in [5.74, 6) is -2.93. The first-order valence-corrected chi connectivity index (χ1v) is 8.20. The lowest BCUT2D eigenvalue weighted by molar-refractivity contribution is 0.0991. The number of amides is 1. The second-order valence-corrected chi connectivity index (χ2v) is 6.18. The Kier molecular flexibility index (Phi) is 5.16. The van der Waals surface area contributed by atoms with Crippen molar-refractivity contribution in [3.8, 4) is 17.1 Å². The normalized spacial score (nSPS) is 11.0. The molecule has 1 heterocycles. The fourth-order valence-electron chi connectivity index (χ4n) is 2.46. The Balaban J connectivity index is 1.73. The molecule has 1 aromatic heterocycles. The standard InChI is InChI=1S/C19H17F2N3O3/c1-10(2)11-3-5-12(6-4-11)19-23-15(27-24-19)9-26-14-8-7-13(20)16(17(14)21)18(22)25/h3-8,10H,9H2,1-2H3,(H2,22,25). The number of hydrogen-bond donors (Lipinski definition) is 1. The van der Waals surface area contributed by atoms with E-state index < -0.39 is 23.1 Å². The molecular weight excluding hydrogens is 356 g/mol. The second-order valence-electron chi connectivity index (χ2n) is 6.18. The first-order chi connectivity index (χ1) is 12.9. The molecule has 140 valence electrons. The SMILES string of the molecule is CC(C)c1ccc(-c2noc(COc3ccc(F)c(C(N)=O)c3F)n2)cc1. The van der Waals surface area contributed by atoms with Crippen LogP contribution in [-0.2, 0) is 6.61 Å². The summed E-state index contributed by atoms with van der Waals surface area (Å²) in [5, 5.41) is 3.86. The monoisotopic (exact) mass is 373 g/mol. The lowest BCUT2D eigenvalue weighted by atomic mass is 10.0. The van der Waals surface area contributed by atoms with Gasteiger partial charge in [-0.05, 0) is 23.6 Å². The van der Waals surface area contributed by atoms with Crippen molar-refractivity contribution in [3.63, 3.8) is 0 Å². The maximum absolute atomic E-state index is 14.1. The molecule has 0 aliphatic heterocycles. The van der Waals surface area contributed by atoms with E-state index in [1.165, 1.54) is 5.56 Å². The average molecular weight is 373 g/mol. The van der Waals surface area contributed by atoms with E-state index in [4.69, 9.17) is 15.0 Å². The lowest BCUT2D eigenvalue weighted by Crippen LogP contribution is -2.16. The Hall–Kier alpha value is -3.29. The van der Waals surface area contributed by atoms with Crippen LogP contribution in [0.4, 0.5) is 8.78 Å². The van der Waals surface area contributed by atoms with Crippen molar-refractivity contribution in [1.82, 2.24) is 10.1 Å². The minimum Gasteiger partial charge on any atom is -0.481 e. The first kappa shape index (κ1) is 18.5. The molecule has 8 heteroatoms. The highest BCUT2D eigenvalue weighted by Crippen LogP contribution is 2.24. The van der Waals surface area contributed by atoms with Gasteiger partial charge in [0.25, 0.3) is 11.8 Å². The molecule has 0 spiro atoms. The number of hydrogen-bond acceptors (Lipinski definition) is 5. The van der Waals surface area contributed by atoms with Crippen LogP contribution in [0.15, 0.2) is 40.9 Å². The predicted molar refractivity (Wildman–Crippen MR) is 93.0 cm³/mol. The summed E-state index contributed by atoms with van der Waals surface area (Å²) in [5.41, 5.74) is 6.06. The smallest absolute Gasteiger partial charge is 0.264 e. The number of nitrogens with zero attached hydrogens (tertiary/aromatic N) is 2. The summed E-state index contributed by atoms with van der Waals surface area (Å²) in [6.45, 7) is 3.94. The maximum atomic E-state index is 14.1. The highest BCUT2D eigenvalue weighted by atomic mass is 19.1. The highest BCUT2D eigenvalue weighted by molar-refractivity contribution is 5.93. The third-order valence-corrected chi connectivity index (χ3v) is 3.96. The molecule has 0 bridgehead atoms. The van der Waals surface area contributed by atoms with Crippen LogP contribution in [0.25, 0.3) is 11.4 Å². The Bertz CT molecular complexity index is 969. The van der Waals surface area contributed by atoms with E-state index >= 15 is 0 Å². The van der Waals surface area contributed by atoms with Gasteiger partial charge in [-0.25, -0.2) is 8.78 Å². The van der Waals surface area contributed by atoms with Crippen molar-refractivity contribution in [2.75, 3.05) is 0 Å². The van der Waals surface area contributed by atoms with Crippen LogP contribution >= 0.6 is 0 Å². The van der Waals surface area contributed by atoms with Gasteiger partial charge in [0.05, 0.1) is 0 Å². The number of benzene rings is 2. The van der Waals surface area contributed by atoms with Crippen LogP contribution in [0, 0.1) is 11.6 Å². The molecule has 0 radical (unpaired) electrons. The topological polar surface area (TPSA) is 91.2 Å². The van der Waals surface area contributed by atoms with Gasteiger partial charge in [-0.2, -0.15) is 4.98 Å². The highest BCUT2D eigenvalue weighted by Gasteiger charge is 2.20. The summed E-state index contributed by atoms with van der Waals surface area (Å²) >= 11 is 0. The minimum absolute atomic E-state index is 0.0993. The van der Waals surface area contributed by atoms with Gasteiger partial charge < -0.3 is 15.0 Å². The third-order valence-electron chi connectivity index (χ3n) is 3.96. The molecule has 0 atom stereocenters. The van der Waals surface area contributed by atoms with E-state index in [0.29, 0.717) is 11.7 Å². The van der Waals surface area contributed by atoms with Crippen molar-refractivity contribution >= 4 is 5.91 Å². The number of primary amides is 1.